The topological polar surface area (TPSA) is 155 Å². The van der Waals surface area contributed by atoms with E-state index in [1.54, 1.807) is 0 Å². The second-order valence-electron chi connectivity index (χ2n) is 13.0. The zero-order chi connectivity index (χ0) is 37.7. The fourth-order valence-electron chi connectivity index (χ4n) is 5.02. The number of hydrogen-bond acceptors (Lipinski definition) is 8. The zero-order valence-corrected chi connectivity index (χ0v) is 32.8. The third-order valence-electron chi connectivity index (χ3n) is 8.09. The van der Waals surface area contributed by atoms with E-state index in [2.05, 4.69) is 62.5 Å². The first-order valence-electron chi connectivity index (χ1n) is 19.7. The number of rotatable bonds is 37. The number of phosphoric ester groups is 1. The molecule has 0 amide bonds. The summed E-state index contributed by atoms with van der Waals surface area (Å²) in [5.41, 5.74) is 5.34. The summed E-state index contributed by atoms with van der Waals surface area (Å²) in [6.45, 7) is 3.68. The van der Waals surface area contributed by atoms with Crippen LogP contribution in [-0.4, -0.2) is 60.5 Å². The maximum Gasteiger partial charge on any atom is 0.472 e. The van der Waals surface area contributed by atoms with E-state index in [9.17, 15) is 19.0 Å². The van der Waals surface area contributed by atoms with Gasteiger partial charge in [0.15, 0.2) is 0 Å². The Balaban J connectivity index is 4.35. The lowest BCUT2D eigenvalue weighted by Gasteiger charge is -2.20. The van der Waals surface area contributed by atoms with Gasteiger partial charge in [0.2, 0.25) is 0 Å². The standard InChI is InChI=1S/C40H72NO9P/c1-3-5-7-9-11-13-15-17-19-20-22-24-26-28-30-32-39(42)50-37(35-48-51(45,46)49-36-38(41)40(43)44)34-47-33-31-29-27-25-23-21-18-16-14-12-10-8-6-4-2/h6,8,12,14,17-19,21,37-38H,3-5,7,9-11,13,15-16,20,22-36,41H2,1-2H3,(H,43,44)(H,45,46)/b8-6-,14-12-,19-17-,21-18-. The van der Waals surface area contributed by atoms with Crippen LogP contribution in [-0.2, 0) is 32.7 Å². The van der Waals surface area contributed by atoms with Gasteiger partial charge in [-0.3, -0.25) is 18.6 Å². The van der Waals surface area contributed by atoms with Gasteiger partial charge >= 0.3 is 19.8 Å². The minimum atomic E-state index is -4.62. The van der Waals surface area contributed by atoms with Crippen molar-refractivity contribution < 1.29 is 42.7 Å². The van der Waals surface area contributed by atoms with Gasteiger partial charge in [0.25, 0.3) is 0 Å². The van der Waals surface area contributed by atoms with E-state index < -0.39 is 45.1 Å². The van der Waals surface area contributed by atoms with E-state index in [0.717, 1.165) is 83.5 Å². The van der Waals surface area contributed by atoms with E-state index in [-0.39, 0.29) is 13.0 Å². The van der Waals surface area contributed by atoms with Crippen LogP contribution >= 0.6 is 7.82 Å². The van der Waals surface area contributed by atoms with Gasteiger partial charge in [-0.15, -0.1) is 0 Å². The normalized spacial score (nSPS) is 14.6. The lowest BCUT2D eigenvalue weighted by Crippen LogP contribution is -2.34. The molecule has 11 heteroatoms. The molecule has 0 aliphatic heterocycles. The molecule has 0 aliphatic rings. The average Bonchev–Trinajstić information content (AvgIpc) is 3.10. The van der Waals surface area contributed by atoms with Gasteiger partial charge in [0.1, 0.15) is 12.1 Å². The number of allylic oxidation sites excluding steroid dienone is 8. The molecule has 296 valence electrons. The number of carboxylic acid groups (broad SMARTS) is 1. The Kier molecular flexibility index (Phi) is 34.8. The van der Waals surface area contributed by atoms with Gasteiger partial charge in [-0.25, -0.2) is 4.57 Å². The largest absolute Gasteiger partial charge is 0.480 e. The lowest BCUT2D eigenvalue weighted by molar-refractivity contribution is -0.154. The molecular formula is C40H72NO9P. The Bertz CT molecular complexity index is 998. The smallest absolute Gasteiger partial charge is 0.472 e. The highest BCUT2D eigenvalue weighted by Gasteiger charge is 2.27. The predicted molar refractivity (Wildman–Crippen MR) is 208 cm³/mol. The Morgan fingerprint density at radius 3 is 1.73 bits per heavy atom. The molecule has 0 aromatic rings. The molecule has 10 nitrogen and oxygen atoms in total. The van der Waals surface area contributed by atoms with Crippen molar-refractivity contribution in [3.8, 4) is 0 Å². The first-order chi connectivity index (χ1) is 24.7. The lowest BCUT2D eigenvalue weighted by atomic mass is 10.1. The Morgan fingerprint density at radius 2 is 1.14 bits per heavy atom. The molecule has 0 aliphatic carbocycles. The van der Waals surface area contributed by atoms with Gasteiger partial charge in [-0.2, -0.15) is 0 Å². The van der Waals surface area contributed by atoms with Crippen molar-refractivity contribution in [2.45, 2.75) is 167 Å². The molecule has 0 fully saturated rings. The minimum absolute atomic E-state index is 0.00273. The van der Waals surface area contributed by atoms with Crippen LogP contribution in [0, 0.1) is 0 Å². The quantitative estimate of drug-likeness (QED) is 0.0242. The summed E-state index contributed by atoms with van der Waals surface area (Å²) in [6, 6.07) is -1.48. The molecular weight excluding hydrogens is 669 g/mol. The van der Waals surface area contributed by atoms with Crippen LogP contribution in [0.5, 0.6) is 0 Å². The molecule has 0 saturated carbocycles. The molecule has 3 unspecified atom stereocenters. The summed E-state index contributed by atoms with van der Waals surface area (Å²) < 4.78 is 33.2. The van der Waals surface area contributed by atoms with Gasteiger partial charge < -0.3 is 25.2 Å². The highest BCUT2D eigenvalue weighted by molar-refractivity contribution is 7.47. The summed E-state index contributed by atoms with van der Waals surface area (Å²) in [7, 11) is -4.62. The van der Waals surface area contributed by atoms with Gasteiger partial charge in [0.05, 0.1) is 19.8 Å². The maximum atomic E-state index is 12.6. The van der Waals surface area contributed by atoms with Crippen LogP contribution in [0.4, 0.5) is 0 Å². The number of nitrogens with two attached hydrogens (primary N) is 1. The molecule has 0 radical (unpaired) electrons. The number of carbonyl (C=O) groups is 2. The number of hydrogen-bond donors (Lipinski definition) is 3. The number of esters is 1. The van der Waals surface area contributed by atoms with E-state index in [1.165, 1.54) is 44.9 Å². The van der Waals surface area contributed by atoms with Crippen LogP contribution < -0.4 is 5.73 Å². The van der Waals surface area contributed by atoms with E-state index in [0.29, 0.717) is 13.0 Å². The molecule has 0 bridgehead atoms. The fraction of sp³-hybridized carbons (Fsp3) is 0.750. The molecule has 0 aromatic carbocycles. The number of aliphatic carboxylic acids is 1. The van der Waals surface area contributed by atoms with Crippen LogP contribution in [0.2, 0.25) is 0 Å². The number of ether oxygens (including phenoxy) is 2. The van der Waals surface area contributed by atoms with Crippen molar-refractivity contribution in [2.24, 2.45) is 5.73 Å². The fourth-order valence-corrected chi connectivity index (χ4v) is 5.80. The molecule has 51 heavy (non-hydrogen) atoms. The summed E-state index contributed by atoms with van der Waals surface area (Å²) >= 11 is 0. The van der Waals surface area contributed by atoms with Crippen LogP contribution in [0.25, 0.3) is 0 Å². The van der Waals surface area contributed by atoms with Crippen molar-refractivity contribution in [1.82, 2.24) is 0 Å². The highest BCUT2D eigenvalue weighted by Crippen LogP contribution is 2.43. The maximum absolute atomic E-state index is 12.6. The Hall–Kier alpha value is -2.07. The monoisotopic (exact) mass is 741 g/mol. The summed E-state index contributed by atoms with van der Waals surface area (Å²) in [5.74, 6) is -1.80. The van der Waals surface area contributed by atoms with Crippen LogP contribution in [0.3, 0.4) is 0 Å². The molecule has 4 N–H and O–H groups in total. The van der Waals surface area contributed by atoms with Crippen LogP contribution in [0.1, 0.15) is 155 Å². The van der Waals surface area contributed by atoms with Gasteiger partial charge in [-0.1, -0.05) is 127 Å². The van der Waals surface area contributed by atoms with Crippen molar-refractivity contribution in [2.75, 3.05) is 26.4 Å². The summed E-state index contributed by atoms with van der Waals surface area (Å²) in [6.07, 6.45) is 40.2. The van der Waals surface area contributed by atoms with E-state index in [4.69, 9.17) is 29.4 Å². The second-order valence-corrected chi connectivity index (χ2v) is 14.5. The second kappa shape index (κ2) is 36.3. The molecule has 3 atom stereocenters. The Morgan fingerprint density at radius 1 is 0.647 bits per heavy atom. The molecule has 0 saturated heterocycles. The first-order valence-corrected chi connectivity index (χ1v) is 21.2. The van der Waals surface area contributed by atoms with Crippen molar-refractivity contribution in [1.29, 1.82) is 0 Å². The van der Waals surface area contributed by atoms with E-state index in [1.807, 2.05) is 0 Å². The van der Waals surface area contributed by atoms with Crippen LogP contribution in [0.15, 0.2) is 48.6 Å². The molecule has 0 aromatic heterocycles. The van der Waals surface area contributed by atoms with Crippen molar-refractivity contribution in [3.05, 3.63) is 48.6 Å². The first kappa shape index (κ1) is 48.9. The van der Waals surface area contributed by atoms with E-state index >= 15 is 0 Å². The van der Waals surface area contributed by atoms with Crippen molar-refractivity contribution in [3.63, 3.8) is 0 Å². The van der Waals surface area contributed by atoms with Gasteiger partial charge in [0, 0.05) is 13.0 Å². The Labute approximate surface area is 309 Å². The number of carboxylic acids is 1. The number of phosphoric acid groups is 1. The predicted octanol–water partition coefficient (Wildman–Crippen LogP) is 10.3. The SMILES string of the molecule is CC/C=C\C/C=C\C/C=C\CCCCCCOCC(COP(=O)(O)OCC(N)C(=O)O)OC(=O)CCCCCCC/C=C\CCCCCCCC. The molecule has 0 rings (SSSR count). The van der Waals surface area contributed by atoms with Crippen molar-refractivity contribution >= 4 is 19.8 Å². The highest BCUT2D eigenvalue weighted by atomic mass is 31.2. The number of carbonyl (C=O) groups excluding carboxylic acids is 1. The zero-order valence-electron chi connectivity index (χ0n) is 31.9. The van der Waals surface area contributed by atoms with Gasteiger partial charge in [-0.05, 0) is 70.6 Å². The average molecular weight is 742 g/mol. The third kappa shape index (κ3) is 36.1. The number of unbranched alkanes of at least 4 members (excludes halogenated alkanes) is 15. The minimum Gasteiger partial charge on any atom is -0.480 e. The molecule has 0 heterocycles. The third-order valence-corrected chi connectivity index (χ3v) is 9.04. The summed E-state index contributed by atoms with van der Waals surface area (Å²) in [4.78, 5) is 33.4. The molecule has 0 spiro atoms. The summed E-state index contributed by atoms with van der Waals surface area (Å²) in [5, 5.41) is 8.87.